The Morgan fingerprint density at radius 1 is 1.07 bits per heavy atom. The molecule has 4 nitrogen and oxygen atoms in total. The Hall–Kier alpha value is -0.770. The van der Waals surface area contributed by atoms with E-state index in [4.69, 9.17) is 0 Å². The van der Waals surface area contributed by atoms with E-state index in [0.717, 1.165) is 0 Å². The highest BCUT2D eigenvalue weighted by atomic mass is 16.2. The highest BCUT2D eigenvalue weighted by Gasteiger charge is 1.93. The number of hydrogen-bond acceptors (Lipinski definition) is 2. The van der Waals surface area contributed by atoms with Gasteiger partial charge in [0.05, 0.1) is 0 Å². The monoisotopic (exact) mass is 201 g/mol. The average molecular weight is 201 g/mol. The summed E-state index contributed by atoms with van der Waals surface area (Å²) in [4.78, 5) is 10.4. The van der Waals surface area contributed by atoms with Crippen LogP contribution in [0.3, 0.4) is 0 Å². The summed E-state index contributed by atoms with van der Waals surface area (Å²) in [5, 5.41) is 8.48. The molecule has 1 heterocycles. The number of piperidine rings is 1. The van der Waals surface area contributed by atoms with Crippen molar-refractivity contribution in [3.05, 3.63) is 0 Å². The molecule has 1 rings (SSSR count). The van der Waals surface area contributed by atoms with Gasteiger partial charge in [0.15, 0.2) is 0 Å². The smallest absolute Gasteiger partial charge is 0.314 e. The molecule has 1 aliphatic rings. The number of carbonyl (C=O) groups is 1. The first-order chi connectivity index (χ1) is 6.81. The third kappa shape index (κ3) is 9.32. The third-order valence-corrected chi connectivity index (χ3v) is 1.88. The van der Waals surface area contributed by atoms with Crippen LogP contribution in [0.1, 0.15) is 33.1 Å². The van der Waals surface area contributed by atoms with E-state index in [1.807, 2.05) is 13.8 Å². The van der Waals surface area contributed by atoms with Gasteiger partial charge in [-0.1, -0.05) is 6.42 Å². The fourth-order valence-corrected chi connectivity index (χ4v) is 1.19. The molecule has 1 fully saturated rings. The molecule has 1 aliphatic heterocycles. The van der Waals surface area contributed by atoms with Gasteiger partial charge in [0.25, 0.3) is 0 Å². The lowest BCUT2D eigenvalue weighted by Gasteiger charge is -2.08. The second kappa shape index (κ2) is 10.3. The van der Waals surface area contributed by atoms with Crippen molar-refractivity contribution in [2.24, 2.45) is 0 Å². The Morgan fingerprint density at radius 3 is 1.79 bits per heavy atom. The van der Waals surface area contributed by atoms with Gasteiger partial charge in [-0.05, 0) is 39.8 Å². The molecule has 1 saturated heterocycles. The van der Waals surface area contributed by atoms with Crippen molar-refractivity contribution in [1.82, 2.24) is 16.0 Å². The van der Waals surface area contributed by atoms with Crippen LogP contribution in [-0.2, 0) is 0 Å². The second-order valence-corrected chi connectivity index (χ2v) is 3.20. The lowest BCUT2D eigenvalue weighted by Crippen LogP contribution is -2.34. The maximum absolute atomic E-state index is 10.4. The first-order valence-electron chi connectivity index (χ1n) is 5.53. The quantitative estimate of drug-likeness (QED) is 0.626. The minimum absolute atomic E-state index is 0.0880. The normalized spacial score (nSPS) is 15.0. The predicted molar refractivity (Wildman–Crippen MR) is 59.5 cm³/mol. The van der Waals surface area contributed by atoms with E-state index in [9.17, 15) is 4.79 Å². The van der Waals surface area contributed by atoms with Gasteiger partial charge in [0, 0.05) is 13.1 Å². The second-order valence-electron chi connectivity index (χ2n) is 3.20. The van der Waals surface area contributed by atoms with Crippen molar-refractivity contribution in [3.8, 4) is 0 Å². The van der Waals surface area contributed by atoms with E-state index in [2.05, 4.69) is 16.0 Å². The lowest BCUT2D eigenvalue weighted by molar-refractivity contribution is 0.242. The van der Waals surface area contributed by atoms with Crippen LogP contribution in [0.25, 0.3) is 0 Å². The number of amides is 2. The maximum Gasteiger partial charge on any atom is 0.314 e. The Kier molecular flexibility index (Phi) is 9.74. The Bertz CT molecular complexity index is 116. The van der Waals surface area contributed by atoms with Crippen molar-refractivity contribution in [2.75, 3.05) is 26.2 Å². The fraction of sp³-hybridized carbons (Fsp3) is 0.900. The summed E-state index contributed by atoms with van der Waals surface area (Å²) in [5.74, 6) is 0. The molecule has 0 bridgehead atoms. The van der Waals surface area contributed by atoms with Gasteiger partial charge >= 0.3 is 6.03 Å². The van der Waals surface area contributed by atoms with Crippen molar-refractivity contribution in [2.45, 2.75) is 33.1 Å². The van der Waals surface area contributed by atoms with Crippen LogP contribution in [0.15, 0.2) is 0 Å². The molecule has 0 aromatic heterocycles. The summed E-state index contributed by atoms with van der Waals surface area (Å²) in [6, 6.07) is -0.0880. The highest BCUT2D eigenvalue weighted by Crippen LogP contribution is 1.96. The lowest BCUT2D eigenvalue weighted by atomic mass is 10.2. The van der Waals surface area contributed by atoms with Crippen molar-refractivity contribution >= 4 is 6.03 Å². The van der Waals surface area contributed by atoms with Crippen molar-refractivity contribution in [1.29, 1.82) is 0 Å². The summed E-state index contributed by atoms with van der Waals surface area (Å²) >= 11 is 0. The van der Waals surface area contributed by atoms with E-state index in [1.165, 1.54) is 32.4 Å². The molecule has 14 heavy (non-hydrogen) atoms. The van der Waals surface area contributed by atoms with Crippen LogP contribution < -0.4 is 16.0 Å². The summed E-state index contributed by atoms with van der Waals surface area (Å²) in [6.45, 7) is 7.64. The summed E-state index contributed by atoms with van der Waals surface area (Å²) in [6.07, 6.45) is 4.22. The highest BCUT2D eigenvalue weighted by molar-refractivity contribution is 5.73. The van der Waals surface area contributed by atoms with Crippen molar-refractivity contribution in [3.63, 3.8) is 0 Å². The number of carbonyl (C=O) groups excluding carboxylic acids is 1. The SMILES string of the molecule is C1CCNCC1.CCNC(=O)NCC. The predicted octanol–water partition coefficient (Wildman–Crippen LogP) is 1.09. The topological polar surface area (TPSA) is 53.2 Å². The number of urea groups is 1. The maximum atomic E-state index is 10.4. The average Bonchev–Trinajstić information content (AvgIpc) is 2.22. The van der Waals surface area contributed by atoms with Gasteiger partial charge in [0.2, 0.25) is 0 Å². The molecule has 0 aromatic rings. The molecule has 0 saturated carbocycles. The largest absolute Gasteiger partial charge is 0.338 e. The number of nitrogens with one attached hydrogen (secondary N) is 3. The zero-order valence-corrected chi connectivity index (χ0v) is 9.36. The van der Waals surface area contributed by atoms with Crippen LogP contribution >= 0.6 is 0 Å². The summed E-state index contributed by atoms with van der Waals surface area (Å²) in [7, 11) is 0. The molecule has 0 aliphatic carbocycles. The van der Waals surface area contributed by atoms with Crippen molar-refractivity contribution < 1.29 is 4.79 Å². The molecule has 0 unspecified atom stereocenters. The van der Waals surface area contributed by atoms with E-state index in [1.54, 1.807) is 0 Å². The number of rotatable bonds is 2. The van der Waals surface area contributed by atoms with E-state index in [-0.39, 0.29) is 6.03 Å². The van der Waals surface area contributed by atoms with Gasteiger partial charge < -0.3 is 16.0 Å². The molecule has 0 spiro atoms. The van der Waals surface area contributed by atoms with Crippen LogP contribution in [0, 0.1) is 0 Å². The molecule has 0 aromatic carbocycles. The van der Waals surface area contributed by atoms with Gasteiger partial charge in [-0.2, -0.15) is 0 Å². The molecular weight excluding hydrogens is 178 g/mol. The van der Waals surface area contributed by atoms with Gasteiger partial charge in [0.1, 0.15) is 0 Å². The Labute approximate surface area is 86.8 Å². The summed E-state index contributed by atoms with van der Waals surface area (Å²) < 4.78 is 0. The molecule has 3 N–H and O–H groups in total. The molecule has 0 atom stereocenters. The first kappa shape index (κ1) is 13.2. The standard InChI is InChI=1S/C5H12N2O.C5H11N/c1-3-6-5(8)7-4-2;1-2-4-6-5-3-1/h3-4H2,1-2H3,(H2,6,7,8);6H,1-5H2. The minimum Gasteiger partial charge on any atom is -0.338 e. The Balaban J connectivity index is 0.000000249. The zero-order chi connectivity index (χ0) is 10.6. The van der Waals surface area contributed by atoms with Gasteiger partial charge in [-0.25, -0.2) is 4.79 Å². The molecule has 2 amide bonds. The van der Waals surface area contributed by atoms with Crippen LogP contribution in [0.5, 0.6) is 0 Å². The van der Waals surface area contributed by atoms with Gasteiger partial charge in [-0.15, -0.1) is 0 Å². The molecule has 0 radical (unpaired) electrons. The first-order valence-corrected chi connectivity index (χ1v) is 5.53. The third-order valence-electron chi connectivity index (χ3n) is 1.88. The Morgan fingerprint density at radius 2 is 1.57 bits per heavy atom. The molecule has 4 heteroatoms. The van der Waals surface area contributed by atoms with Crippen LogP contribution in [0.4, 0.5) is 4.79 Å². The van der Waals surface area contributed by atoms with E-state index in [0.29, 0.717) is 13.1 Å². The van der Waals surface area contributed by atoms with Crippen LogP contribution in [-0.4, -0.2) is 32.2 Å². The van der Waals surface area contributed by atoms with Gasteiger partial charge in [-0.3, -0.25) is 0 Å². The zero-order valence-electron chi connectivity index (χ0n) is 9.36. The summed E-state index contributed by atoms with van der Waals surface area (Å²) in [5.41, 5.74) is 0. The van der Waals surface area contributed by atoms with E-state index < -0.39 is 0 Å². The van der Waals surface area contributed by atoms with E-state index >= 15 is 0 Å². The van der Waals surface area contributed by atoms with Crippen LogP contribution in [0.2, 0.25) is 0 Å². The molecule has 84 valence electrons. The number of hydrogen-bond donors (Lipinski definition) is 3. The minimum atomic E-state index is -0.0880. The molecular formula is C10H23N3O. The fourth-order valence-electron chi connectivity index (χ4n) is 1.19.